The van der Waals surface area contributed by atoms with Crippen molar-refractivity contribution in [3.63, 3.8) is 0 Å². The predicted octanol–water partition coefficient (Wildman–Crippen LogP) is 3.29. The van der Waals surface area contributed by atoms with Crippen LogP contribution < -0.4 is 5.32 Å². The van der Waals surface area contributed by atoms with Gasteiger partial charge in [-0.15, -0.1) is 0 Å². The number of alkyl halides is 3. The summed E-state index contributed by atoms with van der Waals surface area (Å²) < 4.78 is 43.5. The number of aliphatic carboxylic acids is 1. The monoisotopic (exact) mass is 519 g/mol. The first-order valence-electron chi connectivity index (χ1n) is 11.4. The normalized spacial score (nSPS) is 20.8. The number of carbonyl (C=O) groups excluding carboxylic acids is 2. The number of hydrogen-bond donors (Lipinski definition) is 2. The van der Waals surface area contributed by atoms with Crippen LogP contribution in [0.25, 0.3) is 11.0 Å². The van der Waals surface area contributed by atoms with Crippen molar-refractivity contribution in [1.82, 2.24) is 15.2 Å². The van der Waals surface area contributed by atoms with Gasteiger partial charge in [0.2, 0.25) is 0 Å². The number of nitrogens with one attached hydrogen (secondary N) is 1. The van der Waals surface area contributed by atoms with Gasteiger partial charge in [-0.05, 0) is 25.1 Å². The Morgan fingerprint density at radius 3 is 2.54 bits per heavy atom. The van der Waals surface area contributed by atoms with Gasteiger partial charge in [0.15, 0.2) is 5.76 Å². The molecule has 1 aromatic carbocycles. The number of carbonyl (C=O) groups is 3. The highest BCUT2D eigenvalue weighted by molar-refractivity contribution is 5.99. The minimum absolute atomic E-state index is 0.000992. The summed E-state index contributed by atoms with van der Waals surface area (Å²) in [6.45, 7) is 4.18. The molecule has 2 aliphatic rings. The largest absolute Gasteiger partial charge is 0.490 e. The molecule has 3 aromatic rings. The van der Waals surface area contributed by atoms with Crippen molar-refractivity contribution in [3.05, 3.63) is 65.7 Å². The second-order valence-electron chi connectivity index (χ2n) is 8.81. The second-order valence-corrected chi connectivity index (χ2v) is 8.81. The van der Waals surface area contributed by atoms with Crippen LogP contribution >= 0.6 is 0 Å². The number of halogens is 3. The Kier molecular flexibility index (Phi) is 7.48. The zero-order valence-electron chi connectivity index (χ0n) is 19.7. The minimum Gasteiger partial charge on any atom is -0.475 e. The summed E-state index contributed by atoms with van der Waals surface area (Å²) in [5.74, 6) is -2.22. The lowest BCUT2D eigenvalue weighted by Gasteiger charge is -2.19. The summed E-state index contributed by atoms with van der Waals surface area (Å²) in [4.78, 5) is 40.1. The standard InChI is InChI=1S/C23H23N3O4.C2HF3O2/c1-14-17-6-2-3-7-19(17)30-21(14)23(28)26-11-18-16(13-29-20(18)12-26)10-25-22(27)15-5-4-8-24-9-15;3-2(4,5)1(6)7/h2-9,16,18,20H,10-13H2,1H3,(H,25,27);(H,6,7)/t16-,18+,20+;/m0./s1. The number of furan rings is 1. The molecule has 4 heterocycles. The van der Waals surface area contributed by atoms with Crippen LogP contribution in [-0.4, -0.2) is 71.3 Å². The van der Waals surface area contributed by atoms with E-state index in [4.69, 9.17) is 19.1 Å². The highest BCUT2D eigenvalue weighted by Gasteiger charge is 2.46. The lowest BCUT2D eigenvalue weighted by molar-refractivity contribution is -0.192. The zero-order valence-corrected chi connectivity index (χ0v) is 19.7. The molecule has 0 radical (unpaired) electrons. The van der Waals surface area contributed by atoms with E-state index in [2.05, 4.69) is 10.3 Å². The van der Waals surface area contributed by atoms with Crippen LogP contribution in [0.3, 0.4) is 0 Å². The first-order valence-corrected chi connectivity index (χ1v) is 11.4. The number of amides is 2. The third kappa shape index (κ3) is 5.74. The quantitative estimate of drug-likeness (QED) is 0.543. The first kappa shape index (κ1) is 26.1. The number of ether oxygens (including phenoxy) is 1. The molecule has 2 aliphatic heterocycles. The molecule has 196 valence electrons. The van der Waals surface area contributed by atoms with Crippen LogP contribution in [0.5, 0.6) is 0 Å². The number of para-hydroxylation sites is 1. The molecule has 9 nitrogen and oxygen atoms in total. The summed E-state index contributed by atoms with van der Waals surface area (Å²) in [5, 5.41) is 11.1. The van der Waals surface area contributed by atoms with Gasteiger partial charge < -0.3 is 24.5 Å². The molecule has 2 fully saturated rings. The number of aromatic nitrogens is 1. The van der Waals surface area contributed by atoms with Crippen LogP contribution in [0.4, 0.5) is 13.2 Å². The molecular formula is C25H24F3N3O6. The maximum Gasteiger partial charge on any atom is 0.490 e. The molecule has 0 spiro atoms. The molecule has 12 heteroatoms. The molecule has 2 N–H and O–H groups in total. The Morgan fingerprint density at radius 1 is 1.16 bits per heavy atom. The summed E-state index contributed by atoms with van der Waals surface area (Å²) >= 11 is 0. The summed E-state index contributed by atoms with van der Waals surface area (Å²) in [7, 11) is 0. The van der Waals surface area contributed by atoms with Crippen molar-refractivity contribution in [2.75, 3.05) is 26.2 Å². The van der Waals surface area contributed by atoms with Crippen molar-refractivity contribution in [2.45, 2.75) is 19.2 Å². The van der Waals surface area contributed by atoms with Crippen LogP contribution in [0, 0.1) is 18.8 Å². The molecule has 37 heavy (non-hydrogen) atoms. The maximum absolute atomic E-state index is 13.1. The second kappa shape index (κ2) is 10.6. The minimum atomic E-state index is -5.08. The van der Waals surface area contributed by atoms with Gasteiger partial charge in [0.1, 0.15) is 5.58 Å². The van der Waals surface area contributed by atoms with Gasteiger partial charge in [-0.1, -0.05) is 18.2 Å². The van der Waals surface area contributed by atoms with Crippen LogP contribution in [0.1, 0.15) is 26.5 Å². The Hall–Kier alpha value is -3.93. The van der Waals surface area contributed by atoms with Gasteiger partial charge in [0, 0.05) is 54.8 Å². The molecule has 0 unspecified atom stereocenters. The SMILES string of the molecule is Cc1c(C(=O)N2C[C@@H]3[C@@H](CNC(=O)c4cccnc4)CO[C@@H]3C2)oc2ccccc12.O=C(O)C(F)(F)F. The van der Waals surface area contributed by atoms with E-state index in [0.29, 0.717) is 37.6 Å². The van der Waals surface area contributed by atoms with Crippen LogP contribution in [0.15, 0.2) is 53.2 Å². The third-order valence-corrected chi connectivity index (χ3v) is 6.46. The van der Waals surface area contributed by atoms with Gasteiger partial charge >= 0.3 is 12.1 Å². The molecule has 2 aromatic heterocycles. The number of rotatable bonds is 4. The molecule has 2 saturated heterocycles. The van der Waals surface area contributed by atoms with Crippen molar-refractivity contribution >= 4 is 28.8 Å². The van der Waals surface area contributed by atoms with E-state index >= 15 is 0 Å². The lowest BCUT2D eigenvalue weighted by atomic mass is 9.93. The van der Waals surface area contributed by atoms with E-state index in [9.17, 15) is 22.8 Å². The zero-order chi connectivity index (χ0) is 26.7. The molecule has 0 bridgehead atoms. The number of carboxylic acid groups (broad SMARTS) is 1. The Labute approximate surface area is 209 Å². The molecule has 2 amide bonds. The number of benzene rings is 1. The molecule has 0 saturated carbocycles. The van der Waals surface area contributed by atoms with Crippen molar-refractivity contribution in [1.29, 1.82) is 0 Å². The van der Waals surface area contributed by atoms with Gasteiger partial charge in [-0.3, -0.25) is 14.6 Å². The third-order valence-electron chi connectivity index (χ3n) is 6.46. The number of hydrogen-bond acceptors (Lipinski definition) is 6. The van der Waals surface area contributed by atoms with Gasteiger partial charge in [0.05, 0.1) is 18.3 Å². The number of aryl methyl sites for hydroxylation is 1. The molecule has 5 rings (SSSR count). The topological polar surface area (TPSA) is 122 Å². The maximum atomic E-state index is 13.1. The molecular weight excluding hydrogens is 495 g/mol. The van der Waals surface area contributed by atoms with Crippen LogP contribution in [-0.2, 0) is 9.53 Å². The highest BCUT2D eigenvalue weighted by Crippen LogP contribution is 2.35. The van der Waals surface area contributed by atoms with E-state index in [1.807, 2.05) is 36.1 Å². The van der Waals surface area contributed by atoms with Gasteiger partial charge in [-0.25, -0.2) is 4.79 Å². The van der Waals surface area contributed by atoms with E-state index in [-0.39, 0.29) is 29.8 Å². The van der Waals surface area contributed by atoms with Crippen molar-refractivity contribution < 1.29 is 41.8 Å². The van der Waals surface area contributed by atoms with Gasteiger partial charge in [-0.2, -0.15) is 13.2 Å². The van der Waals surface area contributed by atoms with Crippen molar-refractivity contribution in [2.24, 2.45) is 11.8 Å². The van der Waals surface area contributed by atoms with Gasteiger partial charge in [0.25, 0.3) is 11.8 Å². The fraction of sp³-hybridized carbons (Fsp3) is 0.360. The van der Waals surface area contributed by atoms with Crippen molar-refractivity contribution in [3.8, 4) is 0 Å². The Morgan fingerprint density at radius 2 is 1.89 bits per heavy atom. The Bertz CT molecular complexity index is 1290. The highest BCUT2D eigenvalue weighted by atomic mass is 19.4. The van der Waals surface area contributed by atoms with E-state index in [1.165, 1.54) is 0 Å². The number of nitrogens with zero attached hydrogens (tertiary/aromatic N) is 2. The van der Waals surface area contributed by atoms with E-state index < -0.39 is 12.1 Å². The fourth-order valence-corrected chi connectivity index (χ4v) is 4.52. The fourth-order valence-electron chi connectivity index (χ4n) is 4.52. The first-order chi connectivity index (χ1) is 17.6. The summed E-state index contributed by atoms with van der Waals surface area (Å²) in [6.07, 6.45) is -1.89. The number of pyridine rings is 1. The van der Waals surface area contributed by atoms with E-state index in [0.717, 1.165) is 16.5 Å². The average Bonchev–Trinajstić information content (AvgIpc) is 3.56. The smallest absolute Gasteiger partial charge is 0.475 e. The number of likely N-dealkylation sites (tertiary alicyclic amines) is 1. The van der Waals surface area contributed by atoms with E-state index in [1.54, 1.807) is 24.5 Å². The molecule has 0 aliphatic carbocycles. The average molecular weight is 519 g/mol. The summed E-state index contributed by atoms with van der Waals surface area (Å²) in [5.41, 5.74) is 2.13. The lowest BCUT2D eigenvalue weighted by Crippen LogP contribution is -2.35. The number of fused-ring (bicyclic) bond motifs is 2. The summed E-state index contributed by atoms with van der Waals surface area (Å²) in [6, 6.07) is 11.2. The predicted molar refractivity (Wildman–Crippen MR) is 124 cm³/mol. The Balaban J connectivity index is 0.000000405. The number of carboxylic acids is 1. The molecule has 3 atom stereocenters. The van der Waals surface area contributed by atoms with Crippen LogP contribution in [0.2, 0.25) is 0 Å².